The van der Waals surface area contributed by atoms with E-state index in [0.29, 0.717) is 12.1 Å². The summed E-state index contributed by atoms with van der Waals surface area (Å²) in [7, 11) is 8.57. The lowest BCUT2D eigenvalue weighted by molar-refractivity contribution is 0.305. The second kappa shape index (κ2) is 10.8. The molecule has 0 aromatic carbocycles. The van der Waals surface area contributed by atoms with E-state index in [1.807, 2.05) is 11.8 Å². The largest absolute Gasteiger partial charge is 0.353 e. The molecule has 1 saturated heterocycles. The fraction of sp³-hybridized carbons (Fsp3) is 0.941. The summed E-state index contributed by atoms with van der Waals surface area (Å²) in [4.78, 5) is 12.0. The molecule has 7 heteroatoms. The molecule has 0 aliphatic carbocycles. The summed E-state index contributed by atoms with van der Waals surface area (Å²) in [6.07, 6.45) is 2.46. The van der Waals surface area contributed by atoms with E-state index in [1.165, 1.54) is 49.1 Å². The van der Waals surface area contributed by atoms with Gasteiger partial charge in [0.15, 0.2) is 5.96 Å². The van der Waals surface area contributed by atoms with Crippen LogP contribution in [0, 0.1) is 0 Å². The molecule has 0 unspecified atom stereocenters. The van der Waals surface area contributed by atoms with E-state index in [9.17, 15) is 0 Å². The molecule has 1 N–H and O–H groups in total. The van der Waals surface area contributed by atoms with Gasteiger partial charge in [0.1, 0.15) is 0 Å². The zero-order valence-corrected chi connectivity index (χ0v) is 17.5. The predicted molar refractivity (Wildman–Crippen MR) is 111 cm³/mol. The van der Waals surface area contributed by atoms with Gasteiger partial charge in [0.05, 0.1) is 6.04 Å². The van der Waals surface area contributed by atoms with Crippen LogP contribution in [0.2, 0.25) is 0 Å². The van der Waals surface area contributed by atoms with Crippen molar-refractivity contribution in [3.63, 3.8) is 0 Å². The molecule has 0 spiro atoms. The average molecular weight is 374 g/mol. The second-order valence-electron chi connectivity index (χ2n) is 7.27. The van der Waals surface area contributed by atoms with Gasteiger partial charge in [0.25, 0.3) is 0 Å². The molecule has 2 rings (SSSR count). The molecule has 0 bridgehead atoms. The van der Waals surface area contributed by atoms with E-state index >= 15 is 0 Å². The highest BCUT2D eigenvalue weighted by Gasteiger charge is 2.27. The smallest absolute Gasteiger partial charge is 0.194 e. The van der Waals surface area contributed by atoms with E-state index in [2.05, 4.69) is 60.0 Å². The maximum Gasteiger partial charge on any atom is 0.194 e. The van der Waals surface area contributed by atoms with Crippen LogP contribution in [0.4, 0.5) is 0 Å². The number of aliphatic imine (C=N–C) groups is 1. The number of hydrogen-bond acceptors (Lipinski definition) is 7. The van der Waals surface area contributed by atoms with Crippen LogP contribution in [-0.4, -0.2) is 110 Å². The van der Waals surface area contributed by atoms with E-state index < -0.39 is 0 Å². The monoisotopic (exact) mass is 373 g/mol. The summed E-state index contributed by atoms with van der Waals surface area (Å²) >= 11 is 4.11. The summed E-state index contributed by atoms with van der Waals surface area (Å²) in [5, 5.41) is 3.71. The van der Waals surface area contributed by atoms with E-state index in [0.717, 1.165) is 18.8 Å². The standard InChI is InChI=1S/C17H35N5S2/c1-20(2)9-11-23-13-15-5-7-22-8-6-16(19-17(22)18-15)14-24-12-10-21(3)4/h15-16H,5-14H2,1-4H3,(H,18,19)/t15-,16-/m1/s1. The SMILES string of the molecule is CN(C)CCSC[C@H]1CCN2CC[C@H](CSCCN(C)C)NC2=N1. The zero-order chi connectivity index (χ0) is 17.4. The van der Waals surface area contributed by atoms with Gasteiger partial charge >= 0.3 is 0 Å². The van der Waals surface area contributed by atoms with Gasteiger partial charge in [0.2, 0.25) is 0 Å². The molecule has 2 aliphatic rings. The maximum atomic E-state index is 5.01. The molecule has 2 aliphatic heterocycles. The summed E-state index contributed by atoms with van der Waals surface area (Å²) in [5.41, 5.74) is 0. The van der Waals surface area contributed by atoms with Gasteiger partial charge in [-0.05, 0) is 41.0 Å². The predicted octanol–water partition coefficient (Wildman–Crippen LogP) is 1.37. The first-order chi connectivity index (χ1) is 11.5. The first-order valence-corrected chi connectivity index (χ1v) is 11.4. The minimum Gasteiger partial charge on any atom is -0.353 e. The van der Waals surface area contributed by atoms with Crippen molar-refractivity contribution in [2.24, 2.45) is 4.99 Å². The third kappa shape index (κ3) is 7.42. The number of guanidine groups is 1. The van der Waals surface area contributed by atoms with Crippen molar-refractivity contribution in [1.82, 2.24) is 20.0 Å². The third-order valence-corrected chi connectivity index (χ3v) is 6.61. The Morgan fingerprint density at radius 1 is 1.00 bits per heavy atom. The molecule has 2 heterocycles. The van der Waals surface area contributed by atoms with E-state index in [-0.39, 0.29) is 0 Å². The minimum atomic E-state index is 0.496. The Morgan fingerprint density at radius 2 is 1.62 bits per heavy atom. The third-order valence-electron chi connectivity index (χ3n) is 4.41. The fourth-order valence-electron chi connectivity index (χ4n) is 2.83. The second-order valence-corrected chi connectivity index (χ2v) is 9.57. The van der Waals surface area contributed by atoms with E-state index in [1.54, 1.807) is 0 Å². The Kier molecular flexibility index (Phi) is 9.08. The van der Waals surface area contributed by atoms with E-state index in [4.69, 9.17) is 4.99 Å². The molecular weight excluding hydrogens is 338 g/mol. The lowest BCUT2D eigenvalue weighted by atomic mass is 10.1. The quantitative estimate of drug-likeness (QED) is 0.583. The van der Waals surface area contributed by atoms with Gasteiger partial charge in [-0.15, -0.1) is 0 Å². The van der Waals surface area contributed by atoms with Gasteiger partial charge in [-0.1, -0.05) is 0 Å². The van der Waals surface area contributed by atoms with Crippen molar-refractivity contribution in [3.8, 4) is 0 Å². The minimum absolute atomic E-state index is 0.496. The van der Waals surface area contributed by atoms with Crippen molar-refractivity contribution in [2.75, 3.05) is 77.4 Å². The molecule has 0 amide bonds. The van der Waals surface area contributed by atoms with Crippen LogP contribution in [0.15, 0.2) is 4.99 Å². The highest BCUT2D eigenvalue weighted by Crippen LogP contribution is 2.19. The number of fused-ring (bicyclic) bond motifs is 1. The van der Waals surface area contributed by atoms with Crippen molar-refractivity contribution in [1.29, 1.82) is 0 Å². The highest BCUT2D eigenvalue weighted by atomic mass is 32.2. The number of rotatable bonds is 10. The average Bonchev–Trinajstić information content (AvgIpc) is 2.55. The van der Waals surface area contributed by atoms with Crippen LogP contribution in [0.1, 0.15) is 12.8 Å². The zero-order valence-electron chi connectivity index (χ0n) is 15.8. The summed E-state index contributed by atoms with van der Waals surface area (Å²) in [6.45, 7) is 4.66. The number of hydrogen-bond donors (Lipinski definition) is 1. The molecule has 1 fully saturated rings. The fourth-order valence-corrected chi connectivity index (χ4v) is 5.20. The molecule has 2 atom stereocenters. The van der Waals surface area contributed by atoms with Crippen LogP contribution in [0.3, 0.4) is 0 Å². The van der Waals surface area contributed by atoms with Crippen molar-refractivity contribution in [3.05, 3.63) is 0 Å². The van der Waals surface area contributed by atoms with Crippen LogP contribution in [0.25, 0.3) is 0 Å². The lowest BCUT2D eigenvalue weighted by Crippen LogP contribution is -2.56. The molecule has 0 aromatic rings. The van der Waals surface area contributed by atoms with Crippen LogP contribution in [0.5, 0.6) is 0 Å². The van der Waals surface area contributed by atoms with Gasteiger partial charge in [-0.25, -0.2) is 4.99 Å². The van der Waals surface area contributed by atoms with Gasteiger partial charge in [-0.3, -0.25) is 0 Å². The van der Waals surface area contributed by atoms with Crippen molar-refractivity contribution in [2.45, 2.75) is 24.9 Å². The lowest BCUT2D eigenvalue weighted by Gasteiger charge is -2.39. The van der Waals surface area contributed by atoms with Gasteiger partial charge in [0, 0.05) is 55.2 Å². The summed E-state index contributed by atoms with van der Waals surface area (Å²) in [5.74, 6) is 5.95. The number of thioether (sulfide) groups is 2. The molecule has 0 radical (unpaired) electrons. The Balaban J connectivity index is 1.70. The Hall–Kier alpha value is -0.110. The highest BCUT2D eigenvalue weighted by molar-refractivity contribution is 7.99. The van der Waals surface area contributed by atoms with Gasteiger partial charge < -0.3 is 20.0 Å². The topological polar surface area (TPSA) is 34.1 Å². The number of nitrogens with one attached hydrogen (secondary N) is 1. The molecule has 0 aromatic heterocycles. The normalized spacial score (nSPS) is 24.1. The first kappa shape index (κ1) is 20.2. The molecule has 24 heavy (non-hydrogen) atoms. The number of nitrogens with zero attached hydrogens (tertiary/aromatic N) is 4. The van der Waals surface area contributed by atoms with Crippen LogP contribution < -0.4 is 5.32 Å². The summed E-state index contributed by atoms with van der Waals surface area (Å²) in [6, 6.07) is 1.09. The van der Waals surface area contributed by atoms with Crippen molar-refractivity contribution >= 4 is 29.5 Å². The molecule has 0 saturated carbocycles. The summed E-state index contributed by atoms with van der Waals surface area (Å²) < 4.78 is 0. The Labute approximate surface area is 157 Å². The first-order valence-electron chi connectivity index (χ1n) is 9.09. The van der Waals surface area contributed by atoms with Crippen LogP contribution >= 0.6 is 23.5 Å². The molecule has 140 valence electrons. The van der Waals surface area contributed by atoms with Crippen molar-refractivity contribution < 1.29 is 0 Å². The maximum absolute atomic E-state index is 5.01. The Morgan fingerprint density at radius 3 is 2.29 bits per heavy atom. The molecular formula is C17H35N5S2. The van der Waals surface area contributed by atoms with Crippen LogP contribution in [-0.2, 0) is 0 Å². The Bertz CT molecular complexity index is 389. The van der Waals surface area contributed by atoms with Gasteiger partial charge in [-0.2, -0.15) is 23.5 Å². The molecule has 5 nitrogen and oxygen atoms in total.